The average Bonchev–Trinajstić information content (AvgIpc) is 3.13. The zero-order chi connectivity index (χ0) is 14.0. The van der Waals surface area contributed by atoms with Gasteiger partial charge in [-0.1, -0.05) is 24.8 Å². The molecule has 19 heavy (non-hydrogen) atoms. The van der Waals surface area contributed by atoms with Crippen molar-refractivity contribution < 1.29 is 17.6 Å². The fraction of sp³-hybridized carbons (Fsp3) is 0. The third-order valence-electron chi connectivity index (χ3n) is 1.40. The van der Waals surface area contributed by atoms with Crippen LogP contribution < -0.4 is 0 Å². The van der Waals surface area contributed by atoms with Crippen molar-refractivity contribution >= 4 is 9.64 Å². The maximum absolute atomic E-state index is 4.67. The molecule has 0 spiro atoms. The van der Waals surface area contributed by atoms with Crippen LogP contribution in [0.5, 0.6) is 0 Å². The summed E-state index contributed by atoms with van der Waals surface area (Å²) in [5.41, 5.74) is 0. The number of nitrogens with zero attached hydrogens (tertiary/aromatic N) is 3. The van der Waals surface area contributed by atoms with Crippen molar-refractivity contribution in [1.82, 2.24) is 19.9 Å². The van der Waals surface area contributed by atoms with Crippen molar-refractivity contribution in [2.24, 2.45) is 0 Å². The van der Waals surface area contributed by atoms with Gasteiger partial charge >= 0.3 is 27.2 Å². The van der Waals surface area contributed by atoms with Gasteiger partial charge in [-0.15, -0.1) is 12.4 Å². The molecule has 0 fully saturated rings. The van der Waals surface area contributed by atoms with Crippen molar-refractivity contribution in [3.05, 3.63) is 79.9 Å². The third kappa shape index (κ3) is 14.4. The molecule has 0 saturated heterocycles. The Bertz CT molecular complexity index is 335. The molecule has 4 nitrogen and oxygen atoms in total. The number of rotatable bonds is 0. The van der Waals surface area contributed by atoms with Crippen LogP contribution >= 0.6 is 9.64 Å². The molecular weight excluding hydrogens is 438 g/mol. The van der Waals surface area contributed by atoms with E-state index in [9.17, 15) is 0 Å². The average molecular weight is 449 g/mol. The molecule has 0 aliphatic rings. The van der Waals surface area contributed by atoms with Crippen molar-refractivity contribution in [1.29, 1.82) is 0 Å². The van der Waals surface area contributed by atoms with Crippen LogP contribution in [0.4, 0.5) is 0 Å². The summed E-state index contributed by atoms with van der Waals surface area (Å²) in [7, 11) is 4.67. The Kier molecular flexibility index (Phi) is 15.1. The molecule has 3 heterocycles. The van der Waals surface area contributed by atoms with Gasteiger partial charge in [-0.2, -0.15) is 36.4 Å². The van der Waals surface area contributed by atoms with E-state index in [4.69, 9.17) is 0 Å². The zero-order valence-electron chi connectivity index (χ0n) is 9.85. The molecule has 0 saturated carbocycles. The first kappa shape index (κ1) is 17.4. The SMILES string of the molecule is [Cl][Os].[c-]1ccccn1.[c-]1ccccn1.[c-]1ncc[nH]1. The van der Waals surface area contributed by atoms with Crippen molar-refractivity contribution in [3.63, 3.8) is 0 Å². The molecule has 1 N–H and O–H groups in total. The molecule has 0 aliphatic heterocycles. The van der Waals surface area contributed by atoms with E-state index in [-0.39, 0.29) is 0 Å². The minimum atomic E-state index is 1.33. The minimum absolute atomic E-state index is 1.33. The van der Waals surface area contributed by atoms with Crippen LogP contribution in [0.15, 0.2) is 61.2 Å². The van der Waals surface area contributed by atoms with Crippen LogP contribution in [-0.4, -0.2) is 19.9 Å². The zero-order valence-corrected chi connectivity index (χ0v) is 13.1. The molecule has 0 amide bonds. The van der Waals surface area contributed by atoms with Crippen LogP contribution in [0.1, 0.15) is 0 Å². The second-order valence-corrected chi connectivity index (χ2v) is 2.62. The van der Waals surface area contributed by atoms with Crippen LogP contribution in [0.2, 0.25) is 0 Å². The molecular formula is C13H11ClN4Os-3. The molecule has 6 heteroatoms. The van der Waals surface area contributed by atoms with Gasteiger partial charge in [-0.25, -0.2) is 0 Å². The van der Waals surface area contributed by atoms with Crippen LogP contribution in [0, 0.1) is 18.7 Å². The standard InChI is InChI=1S/2C5H4N.C3H3N2.ClH.Os/c2*1-2-4-6-5-3-1;1-2-5-3-4-1;;/h2*1-4H;1-2H,(H,4,5);1H;/q3*-1;;+1/p-1. The van der Waals surface area contributed by atoms with E-state index in [1.807, 2.05) is 24.3 Å². The van der Waals surface area contributed by atoms with Crippen LogP contribution in [-0.2, 0) is 17.6 Å². The molecule has 0 bridgehead atoms. The number of pyridine rings is 2. The van der Waals surface area contributed by atoms with Gasteiger partial charge in [-0.05, 0) is 6.33 Å². The number of imidazole rings is 1. The third-order valence-corrected chi connectivity index (χ3v) is 1.40. The fourth-order valence-electron chi connectivity index (χ4n) is 0.741. The summed E-state index contributed by atoms with van der Waals surface area (Å²) >= 11 is 1.33. The first-order valence-electron chi connectivity index (χ1n) is 5.03. The van der Waals surface area contributed by atoms with Gasteiger partial charge in [0.1, 0.15) is 0 Å². The normalized spacial score (nSPS) is 7.47. The molecule has 0 radical (unpaired) electrons. The first-order chi connectivity index (χ1) is 9.50. The summed E-state index contributed by atoms with van der Waals surface area (Å²) in [6.07, 6.45) is 14.5. The summed E-state index contributed by atoms with van der Waals surface area (Å²) in [5.74, 6) is 0. The molecule has 0 atom stereocenters. The molecule has 0 aromatic carbocycles. The van der Waals surface area contributed by atoms with E-state index < -0.39 is 0 Å². The van der Waals surface area contributed by atoms with Gasteiger partial charge in [-0.3, -0.25) is 0 Å². The van der Waals surface area contributed by atoms with Crippen LogP contribution in [0.25, 0.3) is 0 Å². The van der Waals surface area contributed by atoms with Crippen LogP contribution in [0.3, 0.4) is 0 Å². The van der Waals surface area contributed by atoms with E-state index in [2.05, 4.69) is 48.3 Å². The molecule has 0 aliphatic carbocycles. The number of H-pyrrole nitrogens is 1. The van der Waals surface area contributed by atoms with E-state index in [1.165, 1.54) is 17.6 Å². The summed E-state index contributed by atoms with van der Waals surface area (Å²) in [4.78, 5) is 13.5. The van der Waals surface area contributed by atoms with E-state index >= 15 is 0 Å². The Morgan fingerprint density at radius 3 is 1.47 bits per heavy atom. The summed E-state index contributed by atoms with van der Waals surface area (Å²) in [6, 6.07) is 11.0. The largest absolute Gasteiger partial charge is 0.467 e. The van der Waals surface area contributed by atoms with E-state index in [0.717, 1.165) is 0 Å². The summed E-state index contributed by atoms with van der Waals surface area (Å²) < 4.78 is 0. The molecule has 3 aromatic rings. The van der Waals surface area contributed by atoms with Gasteiger partial charge < -0.3 is 19.9 Å². The van der Waals surface area contributed by atoms with Gasteiger partial charge in [0.25, 0.3) is 0 Å². The maximum atomic E-state index is 4.67. The number of aromatic amines is 1. The number of aromatic nitrogens is 4. The Morgan fingerprint density at radius 1 is 0.789 bits per heavy atom. The second-order valence-electron chi connectivity index (χ2n) is 2.62. The first-order valence-corrected chi connectivity index (χ1v) is 8.18. The molecule has 3 rings (SSSR count). The Balaban J connectivity index is 0.000000241. The topological polar surface area (TPSA) is 54.5 Å². The summed E-state index contributed by atoms with van der Waals surface area (Å²) in [6.45, 7) is 0. The van der Waals surface area contributed by atoms with Crippen molar-refractivity contribution in [3.8, 4) is 0 Å². The van der Waals surface area contributed by atoms with Gasteiger partial charge in [0.2, 0.25) is 0 Å². The maximum Gasteiger partial charge on any atom is -0.00235 e. The fourth-order valence-corrected chi connectivity index (χ4v) is 0.741. The molecule has 101 valence electrons. The smallest absolute Gasteiger partial charge is 0.00235 e. The van der Waals surface area contributed by atoms with Crippen molar-refractivity contribution in [2.75, 3.05) is 0 Å². The molecule has 3 aromatic heterocycles. The quantitative estimate of drug-likeness (QED) is 0.538. The number of nitrogens with one attached hydrogen (secondary N) is 1. The van der Waals surface area contributed by atoms with Gasteiger partial charge in [0.05, 0.1) is 0 Å². The monoisotopic (exact) mass is 450 g/mol. The van der Waals surface area contributed by atoms with Gasteiger partial charge in [0.15, 0.2) is 0 Å². The summed E-state index contributed by atoms with van der Waals surface area (Å²) in [5, 5.41) is 0. The Hall–Kier alpha value is -1.56. The van der Waals surface area contributed by atoms with Crippen molar-refractivity contribution in [2.45, 2.75) is 0 Å². The Labute approximate surface area is 127 Å². The predicted molar refractivity (Wildman–Crippen MR) is 69.4 cm³/mol. The Morgan fingerprint density at radius 2 is 1.37 bits per heavy atom. The second kappa shape index (κ2) is 16.4. The predicted octanol–water partition coefficient (Wildman–Crippen LogP) is 2.66. The van der Waals surface area contributed by atoms with Gasteiger partial charge in [0, 0.05) is 0 Å². The number of halogens is 1. The molecule has 0 unspecified atom stereocenters. The number of hydrogen-bond donors (Lipinski definition) is 1. The minimum Gasteiger partial charge on any atom is -0.467 e. The van der Waals surface area contributed by atoms with E-state index in [0.29, 0.717) is 0 Å². The number of hydrogen-bond acceptors (Lipinski definition) is 3. The van der Waals surface area contributed by atoms with E-state index in [1.54, 1.807) is 36.9 Å².